The highest BCUT2D eigenvalue weighted by molar-refractivity contribution is 5.70. The van der Waals surface area contributed by atoms with Crippen molar-refractivity contribution in [1.82, 2.24) is 0 Å². The lowest BCUT2D eigenvalue weighted by molar-refractivity contribution is -0.136. The van der Waals surface area contributed by atoms with Crippen LogP contribution in [0.2, 0.25) is 0 Å². The number of carboxylic acid groups (broad SMARTS) is 1. The van der Waals surface area contributed by atoms with Gasteiger partial charge in [-0.1, -0.05) is 18.2 Å². The molecule has 0 spiro atoms. The van der Waals surface area contributed by atoms with E-state index in [1.54, 1.807) is 25.1 Å². The maximum absolute atomic E-state index is 14.1. The van der Waals surface area contributed by atoms with E-state index in [4.69, 9.17) is 9.84 Å². The second-order valence-corrected chi connectivity index (χ2v) is 8.23. The van der Waals surface area contributed by atoms with Crippen molar-refractivity contribution in [1.29, 1.82) is 0 Å². The van der Waals surface area contributed by atoms with Crippen LogP contribution in [0.5, 0.6) is 5.75 Å². The highest BCUT2D eigenvalue weighted by Crippen LogP contribution is 2.41. The number of hydrogen-bond donors (Lipinski definition) is 1. The molecule has 0 saturated heterocycles. The molecule has 166 valence electrons. The van der Waals surface area contributed by atoms with Gasteiger partial charge in [0.05, 0.1) is 0 Å². The number of carboxylic acids is 1. The smallest absolute Gasteiger partial charge is 0.303 e. The molecule has 0 radical (unpaired) electrons. The van der Waals surface area contributed by atoms with E-state index in [9.17, 15) is 18.0 Å². The molecule has 0 atom stereocenters. The van der Waals surface area contributed by atoms with E-state index in [0.29, 0.717) is 28.9 Å². The first-order chi connectivity index (χ1) is 14.6. The summed E-state index contributed by atoms with van der Waals surface area (Å²) >= 11 is 0. The van der Waals surface area contributed by atoms with E-state index < -0.39 is 18.3 Å². The monoisotopic (exact) mass is 432 g/mol. The largest absolute Gasteiger partial charge is 0.489 e. The lowest BCUT2D eigenvalue weighted by Gasteiger charge is -2.28. The third-order valence-electron chi connectivity index (χ3n) is 6.02. The van der Waals surface area contributed by atoms with Crippen molar-refractivity contribution in [3.8, 4) is 5.75 Å². The summed E-state index contributed by atoms with van der Waals surface area (Å²) in [6, 6.07) is 8.41. The molecule has 0 amide bonds. The quantitative estimate of drug-likeness (QED) is 0.549. The van der Waals surface area contributed by atoms with Gasteiger partial charge in [-0.3, -0.25) is 4.79 Å². The van der Waals surface area contributed by atoms with Crippen LogP contribution in [0.1, 0.15) is 53.5 Å². The zero-order valence-corrected chi connectivity index (χ0v) is 18.0. The Morgan fingerprint density at radius 1 is 1.13 bits per heavy atom. The molecule has 1 N–H and O–H groups in total. The Bertz CT molecular complexity index is 1020. The van der Waals surface area contributed by atoms with Gasteiger partial charge >= 0.3 is 5.97 Å². The van der Waals surface area contributed by atoms with Gasteiger partial charge in [0.1, 0.15) is 18.2 Å². The van der Waals surface area contributed by atoms with Gasteiger partial charge in [0.15, 0.2) is 0 Å². The molecule has 3 rings (SSSR count). The SMILES string of the molecule is Cc1ccc(C2=C(COc3ccc(CCC(=O)O)c(C)c3C)CC(F)(F)CC2)cc1F. The fraction of sp³-hybridized carbons (Fsp3) is 0.400. The van der Waals surface area contributed by atoms with Gasteiger partial charge in [-0.2, -0.15) is 0 Å². The van der Waals surface area contributed by atoms with Gasteiger partial charge in [-0.25, -0.2) is 13.2 Å². The molecule has 6 heteroatoms. The molecular formula is C25H27F3O3. The number of rotatable bonds is 7. The van der Waals surface area contributed by atoms with E-state index in [1.807, 2.05) is 19.9 Å². The predicted molar refractivity (Wildman–Crippen MR) is 114 cm³/mol. The van der Waals surface area contributed by atoms with Crippen molar-refractivity contribution >= 4 is 11.5 Å². The van der Waals surface area contributed by atoms with Crippen molar-refractivity contribution in [2.45, 2.75) is 58.8 Å². The Morgan fingerprint density at radius 2 is 1.87 bits per heavy atom. The van der Waals surface area contributed by atoms with Crippen LogP contribution in [0.4, 0.5) is 13.2 Å². The predicted octanol–water partition coefficient (Wildman–Crippen LogP) is 6.42. The molecule has 0 unspecified atom stereocenters. The molecule has 0 aromatic heterocycles. The minimum Gasteiger partial charge on any atom is -0.489 e. The van der Waals surface area contributed by atoms with Gasteiger partial charge < -0.3 is 9.84 Å². The Hall–Kier alpha value is -2.76. The van der Waals surface area contributed by atoms with Gasteiger partial charge in [-0.05, 0) is 84.7 Å². The van der Waals surface area contributed by atoms with E-state index in [0.717, 1.165) is 22.3 Å². The van der Waals surface area contributed by atoms with E-state index in [2.05, 4.69) is 0 Å². The van der Waals surface area contributed by atoms with Crippen molar-refractivity contribution < 1.29 is 27.8 Å². The summed E-state index contributed by atoms with van der Waals surface area (Å²) in [4.78, 5) is 10.8. The molecule has 0 bridgehead atoms. The first-order valence-electron chi connectivity index (χ1n) is 10.4. The average molecular weight is 432 g/mol. The van der Waals surface area contributed by atoms with Crippen LogP contribution in [-0.2, 0) is 11.2 Å². The minimum atomic E-state index is -2.81. The molecule has 0 heterocycles. The van der Waals surface area contributed by atoms with Crippen LogP contribution in [0, 0.1) is 26.6 Å². The number of aryl methyl sites for hydroxylation is 2. The van der Waals surface area contributed by atoms with Crippen molar-refractivity contribution in [3.63, 3.8) is 0 Å². The standard InChI is InChI=1S/C25H27F3O3/c1-15-4-5-19(12-22(15)26)21-10-11-25(27,28)13-20(21)14-31-23-8-6-18(7-9-24(29)30)16(2)17(23)3/h4-6,8,12H,7,9-11,13-14H2,1-3H3,(H,29,30). The van der Waals surface area contributed by atoms with Crippen LogP contribution in [0.15, 0.2) is 35.9 Å². The maximum atomic E-state index is 14.1. The second kappa shape index (κ2) is 9.16. The summed E-state index contributed by atoms with van der Waals surface area (Å²) in [5.74, 6) is -3.45. The molecule has 1 aliphatic carbocycles. The molecule has 1 aliphatic rings. The number of benzene rings is 2. The summed E-state index contributed by atoms with van der Waals surface area (Å²) in [5.41, 5.74) is 5.04. The fourth-order valence-electron chi connectivity index (χ4n) is 3.94. The highest BCUT2D eigenvalue weighted by Gasteiger charge is 2.36. The van der Waals surface area contributed by atoms with Crippen LogP contribution >= 0.6 is 0 Å². The highest BCUT2D eigenvalue weighted by atomic mass is 19.3. The van der Waals surface area contributed by atoms with E-state index in [-0.39, 0.29) is 31.7 Å². The molecule has 0 fully saturated rings. The summed E-state index contributed by atoms with van der Waals surface area (Å²) in [6.45, 7) is 5.43. The van der Waals surface area contributed by atoms with Crippen molar-refractivity contribution in [2.75, 3.05) is 6.61 Å². The molecule has 2 aromatic rings. The fourth-order valence-corrected chi connectivity index (χ4v) is 3.94. The molecular weight excluding hydrogens is 405 g/mol. The number of hydrogen-bond acceptors (Lipinski definition) is 2. The summed E-state index contributed by atoms with van der Waals surface area (Å²) < 4.78 is 48.3. The normalized spacial score (nSPS) is 15.8. The average Bonchev–Trinajstić information content (AvgIpc) is 2.70. The van der Waals surface area contributed by atoms with Crippen LogP contribution in [0.25, 0.3) is 5.57 Å². The second-order valence-electron chi connectivity index (χ2n) is 8.23. The summed E-state index contributed by atoms with van der Waals surface area (Å²) in [6.07, 6.45) is -0.0493. The van der Waals surface area contributed by atoms with Crippen LogP contribution < -0.4 is 4.74 Å². The number of alkyl halides is 2. The Balaban J connectivity index is 1.86. The third kappa shape index (κ3) is 5.49. The molecule has 2 aromatic carbocycles. The first kappa shape index (κ1) is 22.9. The van der Waals surface area contributed by atoms with Gasteiger partial charge in [0, 0.05) is 19.3 Å². The lowest BCUT2D eigenvalue weighted by Crippen LogP contribution is -2.24. The zero-order valence-electron chi connectivity index (χ0n) is 18.0. The first-order valence-corrected chi connectivity index (χ1v) is 10.4. The number of ether oxygens (including phenoxy) is 1. The van der Waals surface area contributed by atoms with Crippen molar-refractivity contribution in [3.05, 3.63) is 69.5 Å². The van der Waals surface area contributed by atoms with E-state index in [1.165, 1.54) is 6.07 Å². The number of halogens is 3. The lowest BCUT2D eigenvalue weighted by atomic mass is 9.85. The van der Waals surface area contributed by atoms with Crippen molar-refractivity contribution in [2.24, 2.45) is 0 Å². The Morgan fingerprint density at radius 3 is 2.55 bits per heavy atom. The summed E-state index contributed by atoms with van der Waals surface area (Å²) in [5, 5.41) is 8.90. The molecule has 31 heavy (non-hydrogen) atoms. The van der Waals surface area contributed by atoms with Gasteiger partial charge in [0.2, 0.25) is 0 Å². The number of carbonyl (C=O) groups is 1. The van der Waals surface area contributed by atoms with Crippen LogP contribution in [0.3, 0.4) is 0 Å². The topological polar surface area (TPSA) is 46.5 Å². The molecule has 0 aliphatic heterocycles. The number of aliphatic carboxylic acids is 1. The minimum absolute atomic E-state index is 0.00479. The molecule has 3 nitrogen and oxygen atoms in total. The van der Waals surface area contributed by atoms with Crippen LogP contribution in [-0.4, -0.2) is 23.6 Å². The van der Waals surface area contributed by atoms with Gasteiger partial charge in [0.25, 0.3) is 5.92 Å². The maximum Gasteiger partial charge on any atom is 0.303 e. The third-order valence-corrected chi connectivity index (χ3v) is 6.02. The molecule has 0 saturated carbocycles. The number of allylic oxidation sites excluding steroid dienone is 1. The summed E-state index contributed by atoms with van der Waals surface area (Å²) in [7, 11) is 0. The van der Waals surface area contributed by atoms with E-state index >= 15 is 0 Å². The zero-order chi connectivity index (χ0) is 22.8. The van der Waals surface area contributed by atoms with Gasteiger partial charge in [-0.15, -0.1) is 0 Å². The Kier molecular flexibility index (Phi) is 6.77. The Labute approximate surface area is 180 Å².